The van der Waals surface area contributed by atoms with Gasteiger partial charge in [0.05, 0.1) is 23.0 Å². The first-order chi connectivity index (χ1) is 9.60. The van der Waals surface area contributed by atoms with Crippen LogP contribution in [0.4, 0.5) is 0 Å². The molecule has 0 spiro atoms. The molecular weight excluding hydrogens is 290 g/mol. The second-order valence-corrected chi connectivity index (χ2v) is 6.18. The minimum Gasteiger partial charge on any atom is -0.317 e. The van der Waals surface area contributed by atoms with Crippen molar-refractivity contribution in [2.45, 2.75) is 32.7 Å². The van der Waals surface area contributed by atoms with Crippen LogP contribution < -0.4 is 0 Å². The average Bonchev–Trinajstić information content (AvgIpc) is 3.01. The summed E-state index contributed by atoms with van der Waals surface area (Å²) < 4.78 is 2.20. The van der Waals surface area contributed by atoms with E-state index < -0.39 is 0 Å². The van der Waals surface area contributed by atoms with Gasteiger partial charge < -0.3 is 4.57 Å². The van der Waals surface area contributed by atoms with E-state index in [-0.39, 0.29) is 6.04 Å². The van der Waals surface area contributed by atoms with E-state index in [1.807, 2.05) is 6.92 Å². The Hall–Kier alpha value is -1.39. The lowest BCUT2D eigenvalue weighted by Crippen LogP contribution is -2.09. The van der Waals surface area contributed by atoms with Crippen LogP contribution in [0.15, 0.2) is 23.6 Å². The summed E-state index contributed by atoms with van der Waals surface area (Å²) in [6, 6.07) is 6.44. The number of imidazole rings is 1. The number of alkyl halides is 1. The third kappa shape index (κ3) is 2.23. The minimum absolute atomic E-state index is 0.147. The quantitative estimate of drug-likeness (QED) is 0.669. The standard InChI is InChI=1S/C15H16ClN3S/c1-9-4-5-12-13(6-9)19(14(7-16)18-12)11(3)15-17-10(2)8-20-15/h4-6,8,11H,7H2,1-3H3. The Balaban J connectivity index is 2.20. The molecule has 2 aromatic heterocycles. The zero-order valence-electron chi connectivity index (χ0n) is 11.7. The predicted octanol–water partition coefficient (Wildman–Crippen LogP) is 4.46. The first kappa shape index (κ1) is 13.6. The third-order valence-corrected chi connectivity index (χ3v) is 4.79. The van der Waals surface area contributed by atoms with Crippen LogP contribution in [0.3, 0.4) is 0 Å². The van der Waals surface area contributed by atoms with Gasteiger partial charge in [-0.05, 0) is 38.5 Å². The van der Waals surface area contributed by atoms with Crippen LogP contribution >= 0.6 is 22.9 Å². The van der Waals surface area contributed by atoms with Gasteiger partial charge in [-0.25, -0.2) is 9.97 Å². The minimum atomic E-state index is 0.147. The van der Waals surface area contributed by atoms with E-state index in [0.29, 0.717) is 5.88 Å². The smallest absolute Gasteiger partial charge is 0.125 e. The second kappa shape index (κ2) is 5.19. The van der Waals surface area contributed by atoms with E-state index in [1.165, 1.54) is 5.56 Å². The van der Waals surface area contributed by atoms with Gasteiger partial charge in [-0.3, -0.25) is 0 Å². The van der Waals surface area contributed by atoms with Crippen molar-refractivity contribution in [3.63, 3.8) is 0 Å². The number of hydrogen-bond acceptors (Lipinski definition) is 3. The van der Waals surface area contributed by atoms with Crippen LogP contribution in [0.1, 0.15) is 35.1 Å². The number of aryl methyl sites for hydroxylation is 2. The van der Waals surface area contributed by atoms with E-state index in [1.54, 1.807) is 11.3 Å². The van der Waals surface area contributed by atoms with Crippen LogP contribution in [-0.2, 0) is 5.88 Å². The number of thiazole rings is 1. The molecule has 3 nitrogen and oxygen atoms in total. The fourth-order valence-electron chi connectivity index (χ4n) is 2.45. The number of fused-ring (bicyclic) bond motifs is 1. The van der Waals surface area contributed by atoms with E-state index in [4.69, 9.17) is 11.6 Å². The number of nitrogens with zero attached hydrogens (tertiary/aromatic N) is 3. The molecule has 0 fully saturated rings. The van der Waals surface area contributed by atoms with Crippen LogP contribution in [0.2, 0.25) is 0 Å². The summed E-state index contributed by atoms with van der Waals surface area (Å²) in [5.41, 5.74) is 4.40. The van der Waals surface area contributed by atoms with Gasteiger partial charge in [-0.1, -0.05) is 6.07 Å². The van der Waals surface area contributed by atoms with Gasteiger partial charge in [0.1, 0.15) is 10.8 Å². The monoisotopic (exact) mass is 305 g/mol. The molecule has 0 saturated heterocycles. The van der Waals surface area contributed by atoms with Crippen molar-refractivity contribution in [2.75, 3.05) is 0 Å². The Labute approximate surface area is 127 Å². The van der Waals surface area contributed by atoms with Gasteiger partial charge in [0.2, 0.25) is 0 Å². The number of halogens is 1. The molecule has 0 radical (unpaired) electrons. The van der Waals surface area contributed by atoms with Crippen molar-refractivity contribution in [1.29, 1.82) is 0 Å². The van der Waals surface area contributed by atoms with Crippen molar-refractivity contribution in [1.82, 2.24) is 14.5 Å². The maximum absolute atomic E-state index is 6.08. The fraction of sp³-hybridized carbons (Fsp3) is 0.333. The van der Waals surface area contributed by atoms with Gasteiger partial charge >= 0.3 is 0 Å². The number of benzene rings is 1. The molecule has 1 unspecified atom stereocenters. The normalized spacial score (nSPS) is 13.0. The van der Waals surface area contributed by atoms with Crippen LogP contribution in [-0.4, -0.2) is 14.5 Å². The molecule has 2 heterocycles. The molecule has 3 rings (SSSR count). The highest BCUT2D eigenvalue weighted by Gasteiger charge is 2.19. The summed E-state index contributed by atoms with van der Waals surface area (Å²) in [6.45, 7) is 6.26. The van der Waals surface area contributed by atoms with Crippen molar-refractivity contribution < 1.29 is 0 Å². The summed E-state index contributed by atoms with van der Waals surface area (Å²) in [4.78, 5) is 9.23. The second-order valence-electron chi connectivity index (χ2n) is 5.03. The maximum atomic E-state index is 6.08. The molecule has 1 atom stereocenters. The average molecular weight is 306 g/mol. The van der Waals surface area contributed by atoms with Gasteiger partial charge in [0.25, 0.3) is 0 Å². The Bertz CT molecular complexity index is 760. The largest absolute Gasteiger partial charge is 0.317 e. The van der Waals surface area contributed by atoms with Gasteiger partial charge in [0.15, 0.2) is 0 Å². The van der Waals surface area contributed by atoms with E-state index in [9.17, 15) is 0 Å². The summed E-state index contributed by atoms with van der Waals surface area (Å²) in [5, 5.41) is 3.17. The lowest BCUT2D eigenvalue weighted by Gasteiger charge is -2.14. The lowest BCUT2D eigenvalue weighted by atomic mass is 10.2. The molecule has 0 aliphatic rings. The van der Waals surface area contributed by atoms with Crippen molar-refractivity contribution in [3.05, 3.63) is 45.7 Å². The van der Waals surface area contributed by atoms with Crippen LogP contribution in [0.25, 0.3) is 11.0 Å². The zero-order chi connectivity index (χ0) is 14.3. The van der Waals surface area contributed by atoms with Gasteiger partial charge in [-0.2, -0.15) is 0 Å². The topological polar surface area (TPSA) is 30.7 Å². The Morgan fingerprint density at radius 1 is 1.30 bits per heavy atom. The van der Waals surface area contributed by atoms with Crippen molar-refractivity contribution in [3.8, 4) is 0 Å². The summed E-state index contributed by atoms with van der Waals surface area (Å²) in [5.74, 6) is 1.30. The molecule has 0 amide bonds. The highest BCUT2D eigenvalue weighted by atomic mass is 35.5. The van der Waals surface area contributed by atoms with E-state index >= 15 is 0 Å². The number of rotatable bonds is 3. The molecule has 20 heavy (non-hydrogen) atoms. The molecule has 0 aliphatic heterocycles. The van der Waals surface area contributed by atoms with E-state index in [2.05, 4.69) is 52.0 Å². The predicted molar refractivity (Wildman–Crippen MR) is 84.7 cm³/mol. The molecule has 0 saturated carbocycles. The highest BCUT2D eigenvalue weighted by molar-refractivity contribution is 7.09. The Morgan fingerprint density at radius 2 is 2.10 bits per heavy atom. The number of hydrogen-bond donors (Lipinski definition) is 0. The molecular formula is C15H16ClN3S. The lowest BCUT2D eigenvalue weighted by molar-refractivity contribution is 0.628. The Morgan fingerprint density at radius 3 is 2.75 bits per heavy atom. The molecule has 3 aromatic rings. The number of aromatic nitrogens is 3. The van der Waals surface area contributed by atoms with Gasteiger partial charge in [0, 0.05) is 11.1 Å². The van der Waals surface area contributed by atoms with Crippen molar-refractivity contribution in [2.24, 2.45) is 0 Å². The summed E-state index contributed by atoms with van der Waals surface area (Å²) >= 11 is 7.76. The fourth-order valence-corrected chi connectivity index (χ4v) is 3.49. The molecule has 1 aromatic carbocycles. The summed E-state index contributed by atoms with van der Waals surface area (Å²) in [7, 11) is 0. The van der Waals surface area contributed by atoms with Crippen LogP contribution in [0.5, 0.6) is 0 Å². The maximum Gasteiger partial charge on any atom is 0.125 e. The SMILES string of the molecule is Cc1ccc2nc(CCl)n(C(C)c3nc(C)cs3)c2c1. The Kier molecular flexibility index (Phi) is 3.52. The molecule has 0 bridgehead atoms. The van der Waals surface area contributed by atoms with E-state index in [0.717, 1.165) is 27.6 Å². The molecule has 104 valence electrons. The first-order valence-corrected chi connectivity index (χ1v) is 7.97. The zero-order valence-corrected chi connectivity index (χ0v) is 13.3. The van der Waals surface area contributed by atoms with Crippen molar-refractivity contribution >= 4 is 34.0 Å². The van der Waals surface area contributed by atoms with Crippen LogP contribution in [0, 0.1) is 13.8 Å². The first-order valence-electron chi connectivity index (χ1n) is 6.55. The summed E-state index contributed by atoms with van der Waals surface area (Å²) in [6.07, 6.45) is 0. The molecule has 0 N–H and O–H groups in total. The molecule has 5 heteroatoms. The van der Waals surface area contributed by atoms with Gasteiger partial charge in [-0.15, -0.1) is 22.9 Å². The molecule has 0 aliphatic carbocycles. The highest BCUT2D eigenvalue weighted by Crippen LogP contribution is 2.29. The third-order valence-electron chi connectivity index (χ3n) is 3.42.